The average Bonchev–Trinajstić information content (AvgIpc) is 3.28. The zero-order chi connectivity index (χ0) is 23.7. The Morgan fingerprint density at radius 3 is 2.62 bits per heavy atom. The first-order valence-corrected chi connectivity index (χ1v) is 10.7. The number of aliphatic hydroxyl groups excluding tert-OH is 2. The lowest BCUT2D eigenvalue weighted by Gasteiger charge is -2.30. The summed E-state index contributed by atoms with van der Waals surface area (Å²) in [5.41, 5.74) is 5.03. The van der Waals surface area contributed by atoms with Gasteiger partial charge in [-0.3, -0.25) is 9.59 Å². The number of nitrogens with one attached hydrogen (secondary N) is 1. The number of aliphatic carboxylic acids is 1. The zero-order valence-corrected chi connectivity index (χ0v) is 18.3. The number of hydrogen-bond acceptors (Lipinski definition) is 10. The SMILES string of the molecule is COCCOCc1ccccc1N1CSC=C1C(=O)[C@](N)(CO)C(=O)N[C@@H](CO)C(=O)O. The van der Waals surface area contributed by atoms with Crippen LogP contribution in [0.1, 0.15) is 5.56 Å². The number of benzene rings is 1. The van der Waals surface area contributed by atoms with Crippen LogP contribution in [0.4, 0.5) is 5.69 Å². The molecule has 6 N–H and O–H groups in total. The topological polar surface area (TPSA) is 172 Å². The van der Waals surface area contributed by atoms with E-state index >= 15 is 0 Å². The molecule has 0 aromatic heterocycles. The number of aliphatic hydroxyl groups is 2. The Morgan fingerprint density at radius 1 is 1.28 bits per heavy atom. The third kappa shape index (κ3) is 5.85. The van der Waals surface area contributed by atoms with Crippen LogP contribution in [-0.4, -0.2) is 84.0 Å². The number of carboxylic acid groups (broad SMARTS) is 1. The third-order valence-electron chi connectivity index (χ3n) is 4.74. The Kier molecular flexibility index (Phi) is 9.62. The van der Waals surface area contributed by atoms with Crippen LogP contribution in [0.15, 0.2) is 35.4 Å². The number of ketones is 1. The molecule has 0 aliphatic carbocycles. The molecule has 0 radical (unpaired) electrons. The maximum Gasteiger partial charge on any atom is 0.328 e. The van der Waals surface area contributed by atoms with Gasteiger partial charge in [-0.05, 0) is 6.07 Å². The van der Waals surface area contributed by atoms with Gasteiger partial charge in [0, 0.05) is 23.8 Å². The van der Waals surface area contributed by atoms with Gasteiger partial charge in [0.25, 0.3) is 5.91 Å². The lowest BCUT2D eigenvalue weighted by atomic mass is 9.92. The van der Waals surface area contributed by atoms with Crippen molar-refractivity contribution in [2.75, 3.05) is 44.3 Å². The lowest BCUT2D eigenvalue weighted by Crippen LogP contribution is -2.65. The summed E-state index contributed by atoms with van der Waals surface area (Å²) in [6.07, 6.45) is 0. The van der Waals surface area contributed by atoms with Gasteiger partial charge in [-0.2, -0.15) is 0 Å². The van der Waals surface area contributed by atoms with Crippen molar-refractivity contribution in [2.45, 2.75) is 18.2 Å². The van der Waals surface area contributed by atoms with Crippen LogP contribution < -0.4 is 16.0 Å². The summed E-state index contributed by atoms with van der Waals surface area (Å²) in [5, 5.41) is 31.5. The summed E-state index contributed by atoms with van der Waals surface area (Å²) in [5.74, 6) is -3.25. The number of nitrogens with zero attached hydrogens (tertiary/aromatic N) is 1. The zero-order valence-electron chi connectivity index (χ0n) is 17.5. The van der Waals surface area contributed by atoms with Gasteiger partial charge in [-0.15, -0.1) is 11.8 Å². The molecule has 32 heavy (non-hydrogen) atoms. The quantitative estimate of drug-likeness (QED) is 0.178. The fourth-order valence-electron chi connectivity index (χ4n) is 2.87. The van der Waals surface area contributed by atoms with Gasteiger partial charge in [0.2, 0.25) is 5.78 Å². The number of carboxylic acids is 1. The minimum Gasteiger partial charge on any atom is -0.480 e. The maximum absolute atomic E-state index is 13.2. The second kappa shape index (κ2) is 11.9. The Hall–Kier alpha value is -2.48. The first kappa shape index (κ1) is 25.8. The van der Waals surface area contributed by atoms with Crippen LogP contribution in [0.5, 0.6) is 0 Å². The van der Waals surface area contributed by atoms with E-state index < -0.39 is 42.5 Å². The van der Waals surface area contributed by atoms with E-state index in [2.05, 4.69) is 0 Å². The molecule has 0 bridgehead atoms. The highest BCUT2D eigenvalue weighted by Crippen LogP contribution is 2.34. The Bertz CT molecular complexity index is 865. The molecule has 0 spiro atoms. The molecule has 2 rings (SSSR count). The number of rotatable bonds is 13. The Labute approximate surface area is 189 Å². The fourth-order valence-corrected chi connectivity index (χ4v) is 3.76. The van der Waals surface area contributed by atoms with Crippen LogP contribution in [0, 0.1) is 0 Å². The molecule has 1 aromatic rings. The first-order chi connectivity index (χ1) is 15.3. The van der Waals surface area contributed by atoms with Gasteiger partial charge >= 0.3 is 5.97 Å². The number of nitrogens with two attached hydrogens (primary N) is 1. The van der Waals surface area contributed by atoms with E-state index in [1.165, 1.54) is 17.2 Å². The van der Waals surface area contributed by atoms with Crippen LogP contribution in [-0.2, 0) is 30.5 Å². The number of amides is 1. The van der Waals surface area contributed by atoms with E-state index in [0.29, 0.717) is 24.8 Å². The number of para-hydroxylation sites is 1. The number of thioether (sulfide) groups is 1. The third-order valence-corrected chi connectivity index (χ3v) is 5.54. The molecule has 0 unspecified atom stereocenters. The van der Waals surface area contributed by atoms with Crippen LogP contribution in [0.2, 0.25) is 0 Å². The minimum absolute atomic E-state index is 0.0712. The largest absolute Gasteiger partial charge is 0.480 e. The number of anilines is 1. The van der Waals surface area contributed by atoms with Crippen molar-refractivity contribution in [3.05, 3.63) is 40.9 Å². The summed E-state index contributed by atoms with van der Waals surface area (Å²) in [7, 11) is 1.57. The van der Waals surface area contributed by atoms with E-state index in [9.17, 15) is 19.5 Å². The molecule has 1 aliphatic rings. The van der Waals surface area contributed by atoms with Gasteiger partial charge < -0.3 is 40.7 Å². The highest BCUT2D eigenvalue weighted by molar-refractivity contribution is 8.02. The lowest BCUT2D eigenvalue weighted by molar-refractivity contribution is -0.145. The van der Waals surface area contributed by atoms with Gasteiger partial charge in [0.05, 0.1) is 44.6 Å². The molecule has 1 aromatic carbocycles. The highest BCUT2D eigenvalue weighted by Gasteiger charge is 2.46. The summed E-state index contributed by atoms with van der Waals surface area (Å²) in [6, 6.07) is 5.55. The molecular weight excluding hydrogens is 442 g/mol. The predicted octanol–water partition coefficient (Wildman–Crippen LogP) is -0.978. The minimum atomic E-state index is -2.44. The van der Waals surface area contributed by atoms with Crippen molar-refractivity contribution in [3.8, 4) is 0 Å². The van der Waals surface area contributed by atoms with Gasteiger partial charge in [-0.1, -0.05) is 18.2 Å². The van der Waals surface area contributed by atoms with Crippen LogP contribution >= 0.6 is 11.8 Å². The summed E-state index contributed by atoms with van der Waals surface area (Å²) in [4.78, 5) is 38.6. The molecular formula is C20H27N3O8S. The van der Waals surface area contributed by atoms with Crippen LogP contribution in [0.3, 0.4) is 0 Å². The number of Topliss-reactive ketones (excluding diaryl/α,β-unsaturated/α-hetero) is 1. The van der Waals surface area contributed by atoms with Crippen molar-refractivity contribution in [3.63, 3.8) is 0 Å². The second-order valence-corrected chi connectivity index (χ2v) is 7.73. The second-order valence-electron chi connectivity index (χ2n) is 6.91. The van der Waals surface area contributed by atoms with Gasteiger partial charge in [0.1, 0.15) is 6.04 Å². The molecule has 2 atom stereocenters. The monoisotopic (exact) mass is 469 g/mol. The number of methoxy groups -OCH3 is 1. The van der Waals surface area contributed by atoms with Crippen LogP contribution in [0.25, 0.3) is 0 Å². The molecule has 0 saturated heterocycles. The summed E-state index contributed by atoms with van der Waals surface area (Å²) >= 11 is 1.29. The number of ether oxygens (including phenoxy) is 2. The van der Waals surface area contributed by atoms with Crippen molar-refractivity contribution >= 4 is 35.1 Å². The van der Waals surface area contributed by atoms with Gasteiger partial charge in [0.15, 0.2) is 5.54 Å². The van der Waals surface area contributed by atoms with Crippen molar-refractivity contribution in [1.82, 2.24) is 5.32 Å². The van der Waals surface area contributed by atoms with Crippen molar-refractivity contribution < 1.29 is 39.2 Å². The Morgan fingerprint density at radius 2 is 2.00 bits per heavy atom. The predicted molar refractivity (Wildman–Crippen MR) is 117 cm³/mol. The summed E-state index contributed by atoms with van der Waals surface area (Å²) < 4.78 is 10.6. The molecule has 1 amide bonds. The number of hydrogen-bond donors (Lipinski definition) is 5. The summed E-state index contributed by atoms with van der Waals surface area (Å²) in [6.45, 7) is -0.899. The standard InChI is InChI=1S/C20H27N3O8S/c1-30-6-7-31-9-13-4-2-3-5-15(13)23-12-32-10-16(23)17(26)20(21,11-25)19(29)22-14(8-24)18(27)28/h2-5,10,14,24-25H,6-9,11-12,21H2,1H3,(H,22,29)(H,27,28)/t14-,20+/m0/s1. The molecule has 11 nitrogen and oxygen atoms in total. The molecule has 176 valence electrons. The van der Waals surface area contributed by atoms with E-state index in [0.717, 1.165) is 5.56 Å². The Balaban J connectivity index is 2.26. The molecule has 1 heterocycles. The molecule has 0 fully saturated rings. The first-order valence-electron chi connectivity index (χ1n) is 9.63. The molecule has 12 heteroatoms. The van der Waals surface area contributed by atoms with E-state index in [4.69, 9.17) is 25.4 Å². The molecule has 0 saturated carbocycles. The highest BCUT2D eigenvalue weighted by atomic mass is 32.2. The number of carbonyl (C=O) groups excluding carboxylic acids is 2. The van der Waals surface area contributed by atoms with Crippen molar-refractivity contribution in [1.29, 1.82) is 0 Å². The average molecular weight is 470 g/mol. The van der Waals surface area contributed by atoms with Crippen molar-refractivity contribution in [2.24, 2.45) is 5.73 Å². The van der Waals surface area contributed by atoms with Gasteiger partial charge in [-0.25, -0.2) is 4.79 Å². The van der Waals surface area contributed by atoms with E-state index in [1.807, 2.05) is 17.4 Å². The fraction of sp³-hybridized carbons (Fsp3) is 0.450. The normalized spacial score (nSPS) is 16.2. The maximum atomic E-state index is 13.2. The smallest absolute Gasteiger partial charge is 0.328 e. The van der Waals surface area contributed by atoms with E-state index in [1.54, 1.807) is 24.1 Å². The number of carbonyl (C=O) groups is 3. The molecule has 1 aliphatic heterocycles. The van der Waals surface area contributed by atoms with E-state index in [-0.39, 0.29) is 12.3 Å².